The molecule has 3 unspecified atom stereocenters. The highest BCUT2D eigenvalue weighted by atomic mass is 31.2. The van der Waals surface area contributed by atoms with E-state index in [0.717, 1.165) is 103 Å². The molecule has 0 heterocycles. The molecule has 0 aromatic rings. The highest BCUT2D eigenvalue weighted by molar-refractivity contribution is 7.47. The smallest absolute Gasteiger partial charge is 0.456 e. The van der Waals surface area contributed by atoms with Gasteiger partial charge in [-0.1, -0.05) is 305 Å². The minimum absolute atomic E-state index is 0.0317. The Morgan fingerprint density at radius 1 is 0.414 bits per heavy atom. The number of hydrogen-bond donors (Lipinski definition) is 2. The summed E-state index contributed by atoms with van der Waals surface area (Å²) in [5.74, 6) is -0.527. The van der Waals surface area contributed by atoms with Gasteiger partial charge >= 0.3 is 13.8 Å². The molecule has 9 nitrogen and oxygen atoms in total. The maximum atomic E-state index is 13.6. The number of nitrogens with one attached hydrogen (secondary N) is 1. The number of nitrogens with zero attached hydrogens (tertiary/aromatic N) is 1. The summed E-state index contributed by atoms with van der Waals surface area (Å²) in [6.45, 7) is 6.91. The molecule has 0 aliphatic rings. The molecule has 87 heavy (non-hydrogen) atoms. The molecule has 0 saturated heterocycles. The number of unbranched alkanes of at least 4 members (excludes halogenated alkanes) is 36. The number of carbonyl (C=O) groups excluding carboxylic acids is 2. The topological polar surface area (TPSA) is 111 Å². The highest BCUT2D eigenvalue weighted by Gasteiger charge is 2.30. The van der Waals surface area contributed by atoms with Gasteiger partial charge in [0.05, 0.1) is 33.8 Å². The van der Waals surface area contributed by atoms with Crippen molar-refractivity contribution < 1.29 is 37.3 Å². The van der Waals surface area contributed by atoms with Gasteiger partial charge in [-0.15, -0.1) is 0 Å². The van der Waals surface area contributed by atoms with Crippen molar-refractivity contribution in [2.75, 3.05) is 40.9 Å². The number of phosphoric ester groups is 1. The molecule has 0 aliphatic heterocycles. The minimum atomic E-state index is -4.47. The van der Waals surface area contributed by atoms with E-state index in [0.29, 0.717) is 23.9 Å². The van der Waals surface area contributed by atoms with Crippen LogP contribution in [0, 0.1) is 0 Å². The van der Waals surface area contributed by atoms with Crippen molar-refractivity contribution in [3.05, 3.63) is 97.2 Å². The van der Waals surface area contributed by atoms with Gasteiger partial charge in [0, 0.05) is 12.8 Å². The van der Waals surface area contributed by atoms with E-state index < -0.39 is 20.0 Å². The third kappa shape index (κ3) is 67.2. The molecule has 10 heteroatoms. The second kappa shape index (κ2) is 65.9. The molecule has 0 spiro atoms. The molecular weight excluding hydrogens is 1100 g/mol. The lowest BCUT2D eigenvalue weighted by Crippen LogP contribution is -2.47. The van der Waals surface area contributed by atoms with E-state index in [1.807, 2.05) is 33.3 Å². The molecule has 3 atom stereocenters. The van der Waals surface area contributed by atoms with Gasteiger partial charge in [0.15, 0.2) is 0 Å². The molecule has 0 rings (SSSR count). The number of quaternary nitrogens is 1. The third-order valence-electron chi connectivity index (χ3n) is 16.0. The standard InChI is InChI=1S/C77H139N2O7P/c1-7-10-13-16-19-22-25-28-30-32-34-36-38-39-41-43-45-47-49-52-55-58-61-64-67-70-77(81)86-75(68-65-62-59-56-53-50-27-24-21-18-15-12-9-3)74(73-85-87(82,83)84-72-71-79(4,5)6)78-76(80)69-66-63-60-57-54-51-48-46-44-42-40-37-35-33-31-29-26-23-20-17-14-11-8-2/h11,14,20,23,28-31,35,37,42,44,48,51,65,68,74-75H,7-10,12-13,15-19,21-22,24-27,32-34,36,38-41,43,45-47,49-50,52-64,66-67,69-73H2,1-6H3,(H-,78,80,82,83)/p+1/b14-11-,23-20-,30-28+,31-29-,37-35-,44-42-,51-48-,68-65+. The number of hydrogen-bond acceptors (Lipinski definition) is 6. The Kier molecular flexibility index (Phi) is 63.5. The summed E-state index contributed by atoms with van der Waals surface area (Å²) in [7, 11) is 1.48. The van der Waals surface area contributed by atoms with Crippen molar-refractivity contribution in [2.24, 2.45) is 0 Å². The second-order valence-electron chi connectivity index (χ2n) is 25.7. The number of amides is 1. The first-order valence-corrected chi connectivity index (χ1v) is 38.1. The fourth-order valence-electron chi connectivity index (χ4n) is 10.4. The lowest BCUT2D eigenvalue weighted by atomic mass is 10.0. The van der Waals surface area contributed by atoms with Gasteiger partial charge in [0.25, 0.3) is 0 Å². The molecule has 0 aromatic carbocycles. The maximum Gasteiger partial charge on any atom is 0.472 e. The van der Waals surface area contributed by atoms with Gasteiger partial charge in [0.2, 0.25) is 5.91 Å². The highest BCUT2D eigenvalue weighted by Crippen LogP contribution is 2.43. The van der Waals surface area contributed by atoms with E-state index in [1.54, 1.807) is 0 Å². The van der Waals surface area contributed by atoms with Crippen LogP contribution in [-0.2, 0) is 27.9 Å². The largest absolute Gasteiger partial charge is 0.472 e. The van der Waals surface area contributed by atoms with Crippen LogP contribution in [-0.4, -0.2) is 74.3 Å². The summed E-state index contributed by atoms with van der Waals surface area (Å²) in [5.41, 5.74) is 0. The van der Waals surface area contributed by atoms with Gasteiger partial charge in [0.1, 0.15) is 19.3 Å². The predicted molar refractivity (Wildman–Crippen MR) is 378 cm³/mol. The van der Waals surface area contributed by atoms with E-state index in [2.05, 4.69) is 111 Å². The van der Waals surface area contributed by atoms with Crippen LogP contribution < -0.4 is 5.32 Å². The first-order valence-electron chi connectivity index (χ1n) is 36.6. The Bertz CT molecular complexity index is 1810. The summed E-state index contributed by atoms with van der Waals surface area (Å²) in [5, 5.41) is 3.06. The molecule has 2 N–H and O–H groups in total. The molecule has 504 valence electrons. The van der Waals surface area contributed by atoms with Gasteiger partial charge in [-0.05, 0) is 109 Å². The van der Waals surface area contributed by atoms with Crippen molar-refractivity contribution in [2.45, 2.75) is 341 Å². The first-order chi connectivity index (χ1) is 42.4. The fraction of sp³-hybridized carbons (Fsp3) is 0.766. The number of esters is 1. The summed E-state index contributed by atoms with van der Waals surface area (Å²) in [4.78, 5) is 38.0. The van der Waals surface area contributed by atoms with Crippen LogP contribution >= 0.6 is 7.82 Å². The van der Waals surface area contributed by atoms with Crippen molar-refractivity contribution in [1.29, 1.82) is 0 Å². The molecular formula is C77H140N2O7P+. The predicted octanol–water partition coefficient (Wildman–Crippen LogP) is 23.5. The van der Waals surface area contributed by atoms with E-state index >= 15 is 0 Å². The van der Waals surface area contributed by atoms with Crippen LogP contribution in [0.4, 0.5) is 0 Å². The van der Waals surface area contributed by atoms with Gasteiger partial charge in [-0.25, -0.2) is 4.57 Å². The zero-order chi connectivity index (χ0) is 63.5. The van der Waals surface area contributed by atoms with Crippen LogP contribution in [0.15, 0.2) is 97.2 Å². The Morgan fingerprint density at radius 2 is 0.736 bits per heavy atom. The molecule has 0 bridgehead atoms. The van der Waals surface area contributed by atoms with E-state index in [-0.39, 0.29) is 31.5 Å². The van der Waals surface area contributed by atoms with Crippen molar-refractivity contribution in [1.82, 2.24) is 5.32 Å². The molecule has 0 radical (unpaired) electrons. The summed E-state index contributed by atoms with van der Waals surface area (Å²) >= 11 is 0. The zero-order valence-electron chi connectivity index (χ0n) is 57.7. The van der Waals surface area contributed by atoms with E-state index in [9.17, 15) is 19.0 Å². The molecule has 0 aromatic heterocycles. The zero-order valence-corrected chi connectivity index (χ0v) is 58.6. The second-order valence-corrected chi connectivity index (χ2v) is 27.2. The van der Waals surface area contributed by atoms with E-state index in [4.69, 9.17) is 13.8 Å². The SMILES string of the molecule is CC/C=C\C/C=C\C/C=C\C/C=C\C/C=C\C/C=C\CCCCCCC(=O)NC(COP(=O)(O)OCC[N+](C)(C)C)C(/C=C/CCCCCCCCCCCCC)OC(=O)CCCCCCCCCCCCCCCCC/C=C/CCCCCCCC. The molecule has 0 aliphatic carbocycles. The van der Waals surface area contributed by atoms with Crippen molar-refractivity contribution in [3.63, 3.8) is 0 Å². The lowest BCUT2D eigenvalue weighted by Gasteiger charge is -2.27. The fourth-order valence-corrected chi connectivity index (χ4v) is 11.1. The summed E-state index contributed by atoms with van der Waals surface area (Å²) in [6.07, 6.45) is 90.0. The average molecular weight is 1240 g/mol. The molecule has 1 amide bonds. The summed E-state index contributed by atoms with van der Waals surface area (Å²) in [6, 6.07) is -0.868. The lowest BCUT2D eigenvalue weighted by molar-refractivity contribution is -0.870. The average Bonchev–Trinajstić information content (AvgIpc) is 3.69. The number of rotatable bonds is 66. The third-order valence-corrected chi connectivity index (χ3v) is 17.0. The summed E-state index contributed by atoms with van der Waals surface area (Å²) < 4.78 is 30.9. The maximum absolute atomic E-state index is 13.6. The van der Waals surface area contributed by atoms with E-state index in [1.165, 1.54) is 186 Å². The number of phosphoric acid groups is 1. The first kappa shape index (κ1) is 83.9. The minimum Gasteiger partial charge on any atom is -0.456 e. The Balaban J connectivity index is 5.13. The number of likely N-dealkylation sites (N-methyl/N-ethyl adjacent to an activating group) is 1. The monoisotopic (exact) mass is 1240 g/mol. The van der Waals surface area contributed by atoms with Crippen molar-refractivity contribution in [3.8, 4) is 0 Å². The number of allylic oxidation sites excluding steroid dienone is 15. The van der Waals surface area contributed by atoms with Crippen molar-refractivity contribution >= 4 is 19.7 Å². The quantitative estimate of drug-likeness (QED) is 0.0205. The van der Waals surface area contributed by atoms with Crippen LogP contribution in [0.5, 0.6) is 0 Å². The van der Waals surface area contributed by atoms with Crippen LogP contribution in [0.3, 0.4) is 0 Å². The normalized spacial score (nSPS) is 14.1. The number of ether oxygens (including phenoxy) is 1. The Labute approximate surface area is 538 Å². The molecule has 0 saturated carbocycles. The van der Waals surface area contributed by atoms with Gasteiger partial charge in [-0.3, -0.25) is 18.6 Å². The Hall–Kier alpha value is -3.07. The molecule has 0 fully saturated rings. The van der Waals surface area contributed by atoms with Gasteiger partial charge in [-0.2, -0.15) is 0 Å². The number of carbonyl (C=O) groups is 2. The van der Waals surface area contributed by atoms with Crippen LogP contribution in [0.1, 0.15) is 329 Å². The Morgan fingerprint density at radius 3 is 1.11 bits per heavy atom. The van der Waals surface area contributed by atoms with Gasteiger partial charge < -0.3 is 19.4 Å². The van der Waals surface area contributed by atoms with Crippen LogP contribution in [0.2, 0.25) is 0 Å². The van der Waals surface area contributed by atoms with Crippen LogP contribution in [0.25, 0.3) is 0 Å².